The first-order chi connectivity index (χ1) is 16.1. The molecule has 0 saturated heterocycles. The van der Waals surface area contributed by atoms with Gasteiger partial charge in [-0.15, -0.1) is 0 Å². The van der Waals surface area contributed by atoms with Crippen molar-refractivity contribution in [1.29, 1.82) is 0 Å². The Labute approximate surface area is 193 Å². The van der Waals surface area contributed by atoms with Crippen LogP contribution in [0.5, 0.6) is 11.5 Å². The summed E-state index contributed by atoms with van der Waals surface area (Å²) in [5.41, 5.74) is 2.55. The number of hydrogen-bond acceptors (Lipinski definition) is 8. The highest BCUT2D eigenvalue weighted by Gasteiger charge is 2.17. The molecule has 0 spiro atoms. The van der Waals surface area contributed by atoms with Crippen LogP contribution in [0, 0.1) is 0 Å². The summed E-state index contributed by atoms with van der Waals surface area (Å²) in [5, 5.41) is 0.973. The number of methoxy groups -OCH3 is 1. The van der Waals surface area contributed by atoms with Gasteiger partial charge in [-0.3, -0.25) is 14.3 Å². The Morgan fingerprint density at radius 1 is 1.06 bits per heavy atom. The summed E-state index contributed by atoms with van der Waals surface area (Å²) >= 11 is 1.45. The topological polar surface area (TPSA) is 92.5 Å². The Kier molecular flexibility index (Phi) is 5.70. The number of thioether (sulfide) groups is 1. The molecule has 0 aliphatic carbocycles. The van der Waals surface area contributed by atoms with Gasteiger partial charge in [0.25, 0.3) is 5.56 Å². The van der Waals surface area contributed by atoms with E-state index in [0.717, 1.165) is 11.1 Å². The molecule has 0 N–H and O–H groups in total. The van der Waals surface area contributed by atoms with Crippen molar-refractivity contribution >= 4 is 28.6 Å². The van der Waals surface area contributed by atoms with Crippen LogP contribution in [0.25, 0.3) is 10.9 Å². The number of aromatic nitrogens is 3. The minimum absolute atomic E-state index is 0.186. The molecule has 0 saturated carbocycles. The quantitative estimate of drug-likeness (QED) is 0.244. The van der Waals surface area contributed by atoms with E-state index in [2.05, 4.69) is 4.98 Å². The molecule has 0 unspecified atom stereocenters. The van der Waals surface area contributed by atoms with Crippen molar-refractivity contribution in [3.63, 3.8) is 0 Å². The number of carbonyl (C=O) groups excluding carboxylic acids is 1. The Hall–Kier alpha value is -3.85. The minimum atomic E-state index is -0.478. The highest BCUT2D eigenvalue weighted by Crippen LogP contribution is 2.33. The summed E-state index contributed by atoms with van der Waals surface area (Å²) in [6, 6.07) is 14.2. The lowest BCUT2D eigenvalue weighted by Crippen LogP contribution is -2.24. The van der Waals surface area contributed by atoms with Crippen molar-refractivity contribution in [2.75, 3.05) is 13.9 Å². The first-order valence-electron chi connectivity index (χ1n) is 10.2. The van der Waals surface area contributed by atoms with Gasteiger partial charge in [-0.2, -0.15) is 0 Å². The Bertz CT molecular complexity index is 1400. The van der Waals surface area contributed by atoms with Gasteiger partial charge < -0.3 is 14.2 Å². The molecule has 166 valence electrons. The van der Waals surface area contributed by atoms with Crippen LogP contribution >= 0.6 is 11.8 Å². The highest BCUT2D eigenvalue weighted by atomic mass is 32.2. The maximum atomic E-state index is 13.5. The fraction of sp³-hybridized carbons (Fsp3) is 0.167. The van der Waals surface area contributed by atoms with Crippen molar-refractivity contribution in [3.05, 3.63) is 88.0 Å². The first-order valence-corrected chi connectivity index (χ1v) is 11.1. The molecule has 5 rings (SSSR count). The van der Waals surface area contributed by atoms with Crippen LogP contribution in [-0.2, 0) is 17.0 Å². The van der Waals surface area contributed by atoms with E-state index in [1.54, 1.807) is 35.2 Å². The van der Waals surface area contributed by atoms with Gasteiger partial charge in [-0.1, -0.05) is 17.8 Å². The Morgan fingerprint density at radius 3 is 2.70 bits per heavy atom. The molecule has 0 amide bonds. The van der Waals surface area contributed by atoms with E-state index < -0.39 is 5.97 Å². The smallest absolute Gasteiger partial charge is 0.337 e. The third-order valence-corrected chi connectivity index (χ3v) is 6.28. The molecule has 3 heterocycles. The number of esters is 1. The predicted molar refractivity (Wildman–Crippen MR) is 123 cm³/mol. The lowest BCUT2D eigenvalue weighted by Gasteiger charge is -2.14. The maximum Gasteiger partial charge on any atom is 0.337 e. The van der Waals surface area contributed by atoms with Gasteiger partial charge >= 0.3 is 5.97 Å². The first kappa shape index (κ1) is 21.0. The summed E-state index contributed by atoms with van der Waals surface area (Å²) in [6.45, 7) is 0.502. The van der Waals surface area contributed by atoms with Gasteiger partial charge in [-0.05, 0) is 53.6 Å². The van der Waals surface area contributed by atoms with Crippen molar-refractivity contribution in [2.24, 2.45) is 0 Å². The maximum absolute atomic E-state index is 13.5. The summed E-state index contributed by atoms with van der Waals surface area (Å²) in [5.74, 6) is 1.47. The molecule has 4 aromatic rings. The molecule has 0 atom stereocenters. The van der Waals surface area contributed by atoms with Crippen molar-refractivity contribution < 1.29 is 19.0 Å². The molecule has 1 aliphatic heterocycles. The SMILES string of the molecule is COC(=O)c1ccc2c(=O)n(Cc3ccc4c(c3)OCO4)c(SCc3ccncc3)nc2c1. The summed E-state index contributed by atoms with van der Waals surface area (Å²) < 4.78 is 17.3. The summed E-state index contributed by atoms with van der Waals surface area (Å²) in [7, 11) is 1.32. The highest BCUT2D eigenvalue weighted by molar-refractivity contribution is 7.98. The van der Waals surface area contributed by atoms with E-state index >= 15 is 0 Å². The standard InChI is InChI=1S/C24H19N3O5S/c1-30-23(29)17-3-4-18-19(11-17)26-24(33-13-15-6-8-25-9-7-15)27(22(18)28)12-16-2-5-20-21(10-16)32-14-31-20/h2-11H,12-14H2,1H3. The second-order valence-electron chi connectivity index (χ2n) is 7.34. The number of nitrogens with zero attached hydrogens (tertiary/aromatic N) is 3. The molecular weight excluding hydrogens is 442 g/mol. The number of ether oxygens (including phenoxy) is 3. The average molecular weight is 461 g/mol. The van der Waals surface area contributed by atoms with Gasteiger partial charge in [-0.25, -0.2) is 9.78 Å². The molecular formula is C24H19N3O5S. The number of pyridine rings is 1. The van der Waals surface area contributed by atoms with Crippen LogP contribution < -0.4 is 15.0 Å². The second-order valence-corrected chi connectivity index (χ2v) is 8.28. The molecule has 1 aliphatic rings. The van der Waals surface area contributed by atoms with Crippen LogP contribution in [-0.4, -0.2) is 34.4 Å². The molecule has 0 radical (unpaired) electrons. The minimum Gasteiger partial charge on any atom is -0.465 e. The fourth-order valence-corrected chi connectivity index (χ4v) is 4.50. The number of fused-ring (bicyclic) bond motifs is 2. The monoisotopic (exact) mass is 461 g/mol. The van der Waals surface area contributed by atoms with Gasteiger partial charge in [0.2, 0.25) is 6.79 Å². The summed E-state index contributed by atoms with van der Waals surface area (Å²) in [6.07, 6.45) is 3.46. The Balaban J connectivity index is 1.57. The lowest BCUT2D eigenvalue weighted by molar-refractivity contribution is 0.0601. The van der Waals surface area contributed by atoms with Crippen LogP contribution in [0.3, 0.4) is 0 Å². The van der Waals surface area contributed by atoms with E-state index in [1.807, 2.05) is 30.3 Å². The number of rotatable bonds is 6. The summed E-state index contributed by atoms with van der Waals surface area (Å²) in [4.78, 5) is 34.2. The lowest BCUT2D eigenvalue weighted by atomic mass is 10.1. The van der Waals surface area contributed by atoms with E-state index in [9.17, 15) is 9.59 Å². The fourth-order valence-electron chi connectivity index (χ4n) is 3.54. The molecule has 2 aromatic heterocycles. The van der Waals surface area contributed by atoms with E-state index in [0.29, 0.717) is 45.4 Å². The third kappa shape index (κ3) is 4.27. The number of benzene rings is 2. The molecule has 0 fully saturated rings. The normalized spacial score (nSPS) is 12.2. The largest absolute Gasteiger partial charge is 0.465 e. The number of carbonyl (C=O) groups is 1. The molecule has 8 nitrogen and oxygen atoms in total. The van der Waals surface area contributed by atoms with Gasteiger partial charge in [0.05, 0.1) is 30.1 Å². The van der Waals surface area contributed by atoms with Gasteiger partial charge in [0.1, 0.15) is 0 Å². The van der Waals surface area contributed by atoms with E-state index in [-0.39, 0.29) is 12.4 Å². The van der Waals surface area contributed by atoms with E-state index in [1.165, 1.54) is 18.9 Å². The Morgan fingerprint density at radius 2 is 1.88 bits per heavy atom. The second kappa shape index (κ2) is 8.95. The van der Waals surface area contributed by atoms with Crippen LogP contribution in [0.2, 0.25) is 0 Å². The van der Waals surface area contributed by atoms with Crippen LogP contribution in [0.1, 0.15) is 21.5 Å². The predicted octanol–water partition coefficient (Wildman–Crippen LogP) is 3.65. The van der Waals surface area contributed by atoms with Crippen molar-refractivity contribution in [1.82, 2.24) is 14.5 Å². The zero-order valence-electron chi connectivity index (χ0n) is 17.7. The zero-order chi connectivity index (χ0) is 22.8. The zero-order valence-corrected chi connectivity index (χ0v) is 18.5. The average Bonchev–Trinajstić information content (AvgIpc) is 3.32. The molecule has 33 heavy (non-hydrogen) atoms. The molecule has 9 heteroatoms. The third-order valence-electron chi connectivity index (χ3n) is 5.24. The number of hydrogen-bond donors (Lipinski definition) is 0. The molecule has 0 bridgehead atoms. The van der Waals surface area contributed by atoms with Gasteiger partial charge in [0, 0.05) is 18.1 Å². The van der Waals surface area contributed by atoms with Crippen LogP contribution in [0.15, 0.2) is 70.9 Å². The van der Waals surface area contributed by atoms with Crippen LogP contribution in [0.4, 0.5) is 0 Å². The van der Waals surface area contributed by atoms with Crippen molar-refractivity contribution in [3.8, 4) is 11.5 Å². The molecule has 2 aromatic carbocycles. The van der Waals surface area contributed by atoms with Crippen molar-refractivity contribution in [2.45, 2.75) is 17.5 Å². The van der Waals surface area contributed by atoms with E-state index in [4.69, 9.17) is 19.2 Å². The van der Waals surface area contributed by atoms with Gasteiger partial charge in [0.15, 0.2) is 16.7 Å².